The molecule has 1 fully saturated rings. The van der Waals surface area contributed by atoms with Crippen molar-refractivity contribution < 1.29 is 14.6 Å². The van der Waals surface area contributed by atoms with Crippen molar-refractivity contribution in [2.24, 2.45) is 0 Å². The molecule has 1 aromatic rings. The van der Waals surface area contributed by atoms with Crippen molar-refractivity contribution >= 4 is 6.08 Å². The Bertz CT molecular complexity index is 396. The molecule has 104 valence electrons. The fourth-order valence-electron chi connectivity index (χ4n) is 2.05. The molecule has 1 N–H and O–H groups in total. The van der Waals surface area contributed by atoms with Gasteiger partial charge in [0.25, 0.3) is 0 Å². The van der Waals surface area contributed by atoms with Crippen LogP contribution in [0.25, 0.3) is 6.08 Å². The maximum atomic E-state index is 9.97. The summed E-state index contributed by atoms with van der Waals surface area (Å²) in [5.41, 5.74) is 1.06. The van der Waals surface area contributed by atoms with Crippen LogP contribution in [0.15, 0.2) is 30.3 Å². The van der Waals surface area contributed by atoms with Gasteiger partial charge >= 0.3 is 0 Å². The molecule has 0 aliphatic carbocycles. The highest BCUT2D eigenvalue weighted by Crippen LogP contribution is 2.12. The molecule has 0 spiro atoms. The summed E-state index contributed by atoms with van der Waals surface area (Å²) < 4.78 is 10.4. The Morgan fingerprint density at radius 1 is 1.32 bits per heavy atom. The topological polar surface area (TPSA) is 41.9 Å². The largest absolute Gasteiger partial charge is 0.497 e. The van der Waals surface area contributed by atoms with Crippen molar-refractivity contribution in [2.75, 3.05) is 40.0 Å². The lowest BCUT2D eigenvalue weighted by atomic mass is 10.1. The summed E-state index contributed by atoms with van der Waals surface area (Å²) in [7, 11) is 1.65. The lowest BCUT2D eigenvalue weighted by molar-refractivity contribution is 0.0223. The van der Waals surface area contributed by atoms with Crippen LogP contribution in [0, 0.1) is 0 Å². The summed E-state index contributed by atoms with van der Waals surface area (Å²) >= 11 is 0. The van der Waals surface area contributed by atoms with Gasteiger partial charge < -0.3 is 14.6 Å². The van der Waals surface area contributed by atoms with Crippen LogP contribution in [0.5, 0.6) is 5.75 Å². The number of ether oxygens (including phenoxy) is 2. The van der Waals surface area contributed by atoms with Crippen molar-refractivity contribution in [3.63, 3.8) is 0 Å². The summed E-state index contributed by atoms with van der Waals surface area (Å²) in [4.78, 5) is 2.21. The second kappa shape index (κ2) is 7.28. The first-order chi connectivity index (χ1) is 9.28. The molecule has 0 aromatic heterocycles. The normalized spacial score (nSPS) is 18.6. The number of benzene rings is 1. The van der Waals surface area contributed by atoms with Crippen molar-refractivity contribution in [1.29, 1.82) is 0 Å². The summed E-state index contributed by atoms with van der Waals surface area (Å²) in [6, 6.07) is 7.76. The van der Waals surface area contributed by atoms with Crippen LogP contribution >= 0.6 is 0 Å². The smallest absolute Gasteiger partial charge is 0.118 e. The Kier molecular flexibility index (Phi) is 5.39. The molecule has 0 saturated carbocycles. The van der Waals surface area contributed by atoms with E-state index in [9.17, 15) is 5.11 Å². The van der Waals surface area contributed by atoms with Gasteiger partial charge in [0.1, 0.15) is 5.75 Å². The average Bonchev–Trinajstić information content (AvgIpc) is 2.47. The number of aliphatic hydroxyl groups excluding tert-OH is 1. The molecule has 19 heavy (non-hydrogen) atoms. The fraction of sp³-hybridized carbons (Fsp3) is 0.467. The van der Waals surface area contributed by atoms with Crippen LogP contribution in [0.3, 0.4) is 0 Å². The monoisotopic (exact) mass is 263 g/mol. The number of hydrogen-bond donors (Lipinski definition) is 1. The summed E-state index contributed by atoms with van der Waals surface area (Å²) in [5.74, 6) is 0.839. The SMILES string of the molecule is COc1ccc(C=CC(O)CN2CCOCC2)cc1. The fourth-order valence-corrected chi connectivity index (χ4v) is 2.05. The van der Waals surface area contributed by atoms with Gasteiger partial charge in [0.15, 0.2) is 0 Å². The molecular weight excluding hydrogens is 242 g/mol. The van der Waals surface area contributed by atoms with Gasteiger partial charge in [-0.05, 0) is 17.7 Å². The van der Waals surface area contributed by atoms with E-state index in [1.807, 2.05) is 36.4 Å². The Balaban J connectivity index is 1.82. The second-order valence-electron chi connectivity index (χ2n) is 4.61. The van der Waals surface area contributed by atoms with Crippen LogP contribution in [-0.2, 0) is 4.74 Å². The third-order valence-corrected chi connectivity index (χ3v) is 3.18. The van der Waals surface area contributed by atoms with Gasteiger partial charge in [-0.3, -0.25) is 4.90 Å². The molecule has 2 rings (SSSR count). The molecule has 4 nitrogen and oxygen atoms in total. The number of β-amino-alcohol motifs (C(OH)–C–C–N with tert-alkyl or cyclic N) is 1. The zero-order valence-electron chi connectivity index (χ0n) is 11.3. The van der Waals surface area contributed by atoms with Crippen molar-refractivity contribution in [3.8, 4) is 5.75 Å². The highest BCUT2D eigenvalue weighted by atomic mass is 16.5. The molecule has 1 aliphatic rings. The van der Waals surface area contributed by atoms with Crippen molar-refractivity contribution in [3.05, 3.63) is 35.9 Å². The van der Waals surface area contributed by atoms with E-state index in [4.69, 9.17) is 9.47 Å². The minimum Gasteiger partial charge on any atom is -0.497 e. The quantitative estimate of drug-likeness (QED) is 0.872. The highest BCUT2D eigenvalue weighted by molar-refractivity contribution is 5.51. The van der Waals surface area contributed by atoms with E-state index in [2.05, 4.69) is 4.90 Å². The molecule has 0 radical (unpaired) electrons. The molecule has 1 unspecified atom stereocenters. The molecule has 0 amide bonds. The van der Waals surface area contributed by atoms with E-state index in [0.717, 1.165) is 37.6 Å². The zero-order valence-corrected chi connectivity index (χ0v) is 11.3. The molecule has 1 aromatic carbocycles. The van der Waals surface area contributed by atoms with Gasteiger partial charge in [0.2, 0.25) is 0 Å². The van der Waals surface area contributed by atoms with E-state index in [1.165, 1.54) is 0 Å². The number of morpholine rings is 1. The number of nitrogens with zero attached hydrogens (tertiary/aromatic N) is 1. The van der Waals surface area contributed by atoms with E-state index in [-0.39, 0.29) is 0 Å². The third-order valence-electron chi connectivity index (χ3n) is 3.18. The number of methoxy groups -OCH3 is 1. The first-order valence-electron chi connectivity index (χ1n) is 6.58. The van der Waals surface area contributed by atoms with Crippen molar-refractivity contribution in [2.45, 2.75) is 6.10 Å². The second-order valence-corrected chi connectivity index (χ2v) is 4.61. The maximum Gasteiger partial charge on any atom is 0.118 e. The summed E-state index contributed by atoms with van der Waals surface area (Å²) in [5, 5.41) is 9.97. The van der Waals surface area contributed by atoms with Gasteiger partial charge in [-0.15, -0.1) is 0 Å². The van der Waals surface area contributed by atoms with Gasteiger partial charge in [-0.25, -0.2) is 0 Å². The molecule has 1 aliphatic heterocycles. The van der Waals surface area contributed by atoms with E-state index in [1.54, 1.807) is 7.11 Å². The number of aliphatic hydroxyl groups is 1. The van der Waals surface area contributed by atoms with Crippen molar-refractivity contribution in [1.82, 2.24) is 4.90 Å². The van der Waals surface area contributed by atoms with Gasteiger partial charge in [0, 0.05) is 19.6 Å². The van der Waals surface area contributed by atoms with Crippen LogP contribution in [-0.4, -0.2) is 56.1 Å². The summed E-state index contributed by atoms with van der Waals surface area (Å²) in [6.07, 6.45) is 3.32. The zero-order chi connectivity index (χ0) is 13.5. The lowest BCUT2D eigenvalue weighted by Gasteiger charge is -2.27. The van der Waals surface area contributed by atoms with Gasteiger partial charge in [-0.1, -0.05) is 24.3 Å². The number of rotatable bonds is 5. The standard InChI is InChI=1S/C15H21NO3/c1-18-15-6-3-13(4-7-15)2-5-14(17)12-16-8-10-19-11-9-16/h2-7,14,17H,8-12H2,1H3. The summed E-state index contributed by atoms with van der Waals surface area (Å²) in [6.45, 7) is 3.97. The molecule has 1 atom stereocenters. The van der Waals surface area contributed by atoms with Crippen LogP contribution in [0.2, 0.25) is 0 Å². The van der Waals surface area contributed by atoms with E-state index >= 15 is 0 Å². The van der Waals surface area contributed by atoms with Gasteiger partial charge in [-0.2, -0.15) is 0 Å². The van der Waals surface area contributed by atoms with E-state index < -0.39 is 6.10 Å². The molecule has 1 heterocycles. The maximum absolute atomic E-state index is 9.97. The molecule has 4 heteroatoms. The van der Waals surface area contributed by atoms with Crippen LogP contribution < -0.4 is 4.74 Å². The van der Waals surface area contributed by atoms with Crippen LogP contribution in [0.4, 0.5) is 0 Å². The minimum absolute atomic E-state index is 0.444. The van der Waals surface area contributed by atoms with Gasteiger partial charge in [0.05, 0.1) is 26.4 Å². The van der Waals surface area contributed by atoms with Crippen LogP contribution in [0.1, 0.15) is 5.56 Å². The highest BCUT2D eigenvalue weighted by Gasteiger charge is 2.12. The lowest BCUT2D eigenvalue weighted by Crippen LogP contribution is -2.40. The Morgan fingerprint density at radius 2 is 2.00 bits per heavy atom. The minimum atomic E-state index is -0.444. The predicted molar refractivity (Wildman–Crippen MR) is 75.3 cm³/mol. The third kappa shape index (κ3) is 4.67. The first-order valence-corrected chi connectivity index (χ1v) is 6.58. The Labute approximate surface area is 114 Å². The average molecular weight is 263 g/mol. The van der Waals surface area contributed by atoms with E-state index in [0.29, 0.717) is 6.54 Å². The molecule has 0 bridgehead atoms. The number of hydrogen-bond acceptors (Lipinski definition) is 4. The first kappa shape index (κ1) is 14.1. The Hall–Kier alpha value is -1.36. The molecule has 1 saturated heterocycles. The molecular formula is C15H21NO3. The Morgan fingerprint density at radius 3 is 2.63 bits per heavy atom. The predicted octanol–water partition coefficient (Wildman–Crippen LogP) is 1.40.